The maximum atomic E-state index is 11.9. The SMILES string of the molecule is COC(=O)C(CNCC(C)(C)N(C)C)c1ccccc1. The lowest BCUT2D eigenvalue weighted by atomic mass is 9.98. The van der Waals surface area contributed by atoms with Gasteiger partial charge in [0.05, 0.1) is 13.0 Å². The average molecular weight is 278 g/mol. The summed E-state index contributed by atoms with van der Waals surface area (Å²) in [6.07, 6.45) is 0. The number of benzene rings is 1. The van der Waals surface area contributed by atoms with E-state index in [1.54, 1.807) is 0 Å². The van der Waals surface area contributed by atoms with Gasteiger partial charge in [0.1, 0.15) is 0 Å². The molecule has 0 saturated heterocycles. The molecule has 1 unspecified atom stereocenters. The van der Waals surface area contributed by atoms with E-state index in [1.807, 2.05) is 30.3 Å². The fourth-order valence-electron chi connectivity index (χ4n) is 1.85. The second-order valence-electron chi connectivity index (χ2n) is 5.82. The van der Waals surface area contributed by atoms with Crippen molar-refractivity contribution >= 4 is 5.97 Å². The summed E-state index contributed by atoms with van der Waals surface area (Å²) in [4.78, 5) is 14.1. The van der Waals surface area contributed by atoms with Gasteiger partial charge < -0.3 is 15.0 Å². The zero-order valence-electron chi connectivity index (χ0n) is 13.1. The molecular formula is C16H26N2O2. The molecule has 112 valence electrons. The van der Waals surface area contributed by atoms with Gasteiger partial charge in [-0.05, 0) is 33.5 Å². The number of carbonyl (C=O) groups is 1. The molecule has 1 rings (SSSR count). The molecule has 1 atom stereocenters. The van der Waals surface area contributed by atoms with Crippen molar-refractivity contribution in [2.24, 2.45) is 0 Å². The normalized spacial score (nSPS) is 13.3. The topological polar surface area (TPSA) is 41.6 Å². The zero-order chi connectivity index (χ0) is 15.2. The van der Waals surface area contributed by atoms with E-state index in [4.69, 9.17) is 4.74 Å². The van der Waals surface area contributed by atoms with Gasteiger partial charge >= 0.3 is 5.97 Å². The maximum Gasteiger partial charge on any atom is 0.314 e. The smallest absolute Gasteiger partial charge is 0.314 e. The predicted molar refractivity (Wildman–Crippen MR) is 81.8 cm³/mol. The van der Waals surface area contributed by atoms with Gasteiger partial charge in [-0.3, -0.25) is 4.79 Å². The van der Waals surface area contributed by atoms with Gasteiger partial charge in [-0.1, -0.05) is 30.3 Å². The Labute approximate surface area is 122 Å². The van der Waals surface area contributed by atoms with Crippen molar-refractivity contribution in [1.82, 2.24) is 10.2 Å². The highest BCUT2D eigenvalue weighted by atomic mass is 16.5. The summed E-state index contributed by atoms with van der Waals surface area (Å²) in [6, 6.07) is 9.74. The van der Waals surface area contributed by atoms with Crippen molar-refractivity contribution in [1.29, 1.82) is 0 Å². The first-order valence-corrected chi connectivity index (χ1v) is 6.89. The fourth-order valence-corrected chi connectivity index (χ4v) is 1.85. The first-order chi connectivity index (χ1) is 9.38. The zero-order valence-corrected chi connectivity index (χ0v) is 13.1. The molecule has 4 nitrogen and oxygen atoms in total. The number of nitrogens with zero attached hydrogens (tertiary/aromatic N) is 1. The van der Waals surface area contributed by atoms with Gasteiger partial charge in [-0.25, -0.2) is 0 Å². The van der Waals surface area contributed by atoms with Crippen molar-refractivity contribution in [3.8, 4) is 0 Å². The van der Waals surface area contributed by atoms with Gasteiger partial charge in [0.15, 0.2) is 0 Å². The lowest BCUT2D eigenvalue weighted by molar-refractivity contribution is -0.142. The number of esters is 1. The fraction of sp³-hybridized carbons (Fsp3) is 0.562. The Hall–Kier alpha value is -1.39. The molecule has 0 fully saturated rings. The Morgan fingerprint density at radius 3 is 2.40 bits per heavy atom. The number of ether oxygens (including phenoxy) is 1. The van der Waals surface area contributed by atoms with Crippen molar-refractivity contribution in [3.63, 3.8) is 0 Å². The van der Waals surface area contributed by atoms with Gasteiger partial charge in [0, 0.05) is 18.6 Å². The number of hydrogen-bond donors (Lipinski definition) is 1. The summed E-state index contributed by atoms with van der Waals surface area (Å²) >= 11 is 0. The Morgan fingerprint density at radius 2 is 1.90 bits per heavy atom. The summed E-state index contributed by atoms with van der Waals surface area (Å²) in [5.41, 5.74) is 1.02. The molecular weight excluding hydrogens is 252 g/mol. The van der Waals surface area contributed by atoms with Crippen LogP contribution in [-0.4, -0.2) is 50.7 Å². The van der Waals surface area contributed by atoms with E-state index < -0.39 is 0 Å². The molecule has 1 N–H and O–H groups in total. The van der Waals surface area contributed by atoms with E-state index in [2.05, 4.69) is 38.2 Å². The van der Waals surface area contributed by atoms with Crippen LogP contribution in [0.2, 0.25) is 0 Å². The molecule has 0 radical (unpaired) electrons. The van der Waals surface area contributed by atoms with Crippen LogP contribution in [0.15, 0.2) is 30.3 Å². The van der Waals surface area contributed by atoms with E-state index in [1.165, 1.54) is 7.11 Å². The maximum absolute atomic E-state index is 11.9. The third kappa shape index (κ3) is 4.62. The Morgan fingerprint density at radius 1 is 1.30 bits per heavy atom. The number of methoxy groups -OCH3 is 1. The highest BCUT2D eigenvalue weighted by Gasteiger charge is 2.24. The van der Waals surface area contributed by atoms with Crippen LogP contribution in [0.1, 0.15) is 25.3 Å². The second-order valence-corrected chi connectivity index (χ2v) is 5.82. The number of nitrogens with one attached hydrogen (secondary N) is 1. The summed E-state index contributed by atoms with van der Waals surface area (Å²) in [5.74, 6) is -0.467. The molecule has 0 aliphatic heterocycles. The molecule has 4 heteroatoms. The van der Waals surface area contributed by atoms with Gasteiger partial charge in [-0.2, -0.15) is 0 Å². The van der Waals surface area contributed by atoms with E-state index in [0.717, 1.165) is 12.1 Å². The average Bonchev–Trinajstić information content (AvgIpc) is 2.43. The lowest BCUT2D eigenvalue weighted by Gasteiger charge is -2.33. The highest BCUT2D eigenvalue weighted by Crippen LogP contribution is 2.17. The second kappa shape index (κ2) is 7.41. The molecule has 0 saturated carbocycles. The molecule has 0 aliphatic carbocycles. The lowest BCUT2D eigenvalue weighted by Crippen LogP contribution is -2.47. The van der Waals surface area contributed by atoms with Crippen LogP contribution in [0.5, 0.6) is 0 Å². The molecule has 1 aromatic carbocycles. The minimum Gasteiger partial charge on any atom is -0.469 e. The summed E-state index contributed by atoms with van der Waals surface area (Å²) in [7, 11) is 5.54. The van der Waals surface area contributed by atoms with Gasteiger partial charge in [0.2, 0.25) is 0 Å². The van der Waals surface area contributed by atoms with Crippen molar-refractivity contribution < 1.29 is 9.53 Å². The van der Waals surface area contributed by atoms with Crippen LogP contribution in [0.25, 0.3) is 0 Å². The van der Waals surface area contributed by atoms with Crippen LogP contribution in [0, 0.1) is 0 Å². The van der Waals surface area contributed by atoms with Gasteiger partial charge in [-0.15, -0.1) is 0 Å². The van der Waals surface area contributed by atoms with E-state index in [9.17, 15) is 4.79 Å². The molecule has 0 amide bonds. The molecule has 0 aliphatic rings. The van der Waals surface area contributed by atoms with Crippen molar-refractivity contribution in [3.05, 3.63) is 35.9 Å². The van der Waals surface area contributed by atoms with Crippen LogP contribution in [0.4, 0.5) is 0 Å². The van der Waals surface area contributed by atoms with E-state index in [0.29, 0.717) is 6.54 Å². The molecule has 0 bridgehead atoms. The van der Waals surface area contributed by atoms with E-state index in [-0.39, 0.29) is 17.4 Å². The number of likely N-dealkylation sites (N-methyl/N-ethyl adjacent to an activating group) is 1. The third-order valence-electron chi connectivity index (χ3n) is 3.80. The first kappa shape index (κ1) is 16.7. The third-order valence-corrected chi connectivity index (χ3v) is 3.80. The quantitative estimate of drug-likeness (QED) is 0.773. The molecule has 0 aromatic heterocycles. The number of hydrogen-bond acceptors (Lipinski definition) is 4. The Bertz CT molecular complexity index is 416. The minimum absolute atomic E-state index is 0.0390. The number of rotatable bonds is 7. The minimum atomic E-state index is -0.265. The van der Waals surface area contributed by atoms with Crippen LogP contribution in [0.3, 0.4) is 0 Å². The molecule has 20 heavy (non-hydrogen) atoms. The summed E-state index contributed by atoms with van der Waals surface area (Å²) in [5, 5.41) is 3.38. The van der Waals surface area contributed by atoms with Crippen LogP contribution < -0.4 is 5.32 Å². The predicted octanol–water partition coefficient (Wildman–Crippen LogP) is 1.87. The van der Waals surface area contributed by atoms with Crippen molar-refractivity contribution in [2.45, 2.75) is 25.3 Å². The molecule has 0 heterocycles. The van der Waals surface area contributed by atoms with Crippen LogP contribution >= 0.6 is 0 Å². The Kier molecular flexibility index (Phi) is 6.17. The summed E-state index contributed by atoms with van der Waals surface area (Å²) in [6.45, 7) is 5.71. The van der Waals surface area contributed by atoms with Crippen LogP contribution in [-0.2, 0) is 9.53 Å². The molecule has 1 aromatic rings. The van der Waals surface area contributed by atoms with E-state index >= 15 is 0 Å². The largest absolute Gasteiger partial charge is 0.469 e. The van der Waals surface area contributed by atoms with Crippen molar-refractivity contribution in [2.75, 3.05) is 34.3 Å². The summed E-state index contributed by atoms with van der Waals surface area (Å²) < 4.78 is 4.91. The molecule has 0 spiro atoms. The highest BCUT2D eigenvalue weighted by molar-refractivity contribution is 5.78. The monoisotopic (exact) mass is 278 g/mol. The standard InChI is InChI=1S/C16H26N2O2/c1-16(2,18(3)4)12-17-11-14(15(19)20-5)13-9-7-6-8-10-13/h6-10,14,17H,11-12H2,1-5H3. The van der Waals surface area contributed by atoms with Gasteiger partial charge in [0.25, 0.3) is 0 Å². The Balaban J connectivity index is 2.66. The first-order valence-electron chi connectivity index (χ1n) is 6.89. The number of carbonyl (C=O) groups excluding carboxylic acids is 1.